The van der Waals surface area contributed by atoms with Gasteiger partial charge in [0.1, 0.15) is 10.8 Å². The molecule has 3 N–H and O–H groups in total. The molecule has 0 radical (unpaired) electrons. The number of anilines is 1. The topological polar surface area (TPSA) is 107 Å². The molecule has 9 heteroatoms. The van der Waals surface area contributed by atoms with Crippen molar-refractivity contribution in [2.45, 2.75) is 32.8 Å². The summed E-state index contributed by atoms with van der Waals surface area (Å²) in [7, 11) is -2.05. The summed E-state index contributed by atoms with van der Waals surface area (Å²) in [5.74, 6) is 0.806. The Morgan fingerprint density at radius 1 is 1.19 bits per heavy atom. The van der Waals surface area contributed by atoms with Gasteiger partial charge < -0.3 is 10.1 Å². The van der Waals surface area contributed by atoms with Gasteiger partial charge in [-0.3, -0.25) is 0 Å². The zero-order valence-corrected chi connectivity index (χ0v) is 19.2. The van der Waals surface area contributed by atoms with E-state index >= 15 is 0 Å². The first-order chi connectivity index (χ1) is 14.7. The number of aromatic nitrogens is 1. The van der Waals surface area contributed by atoms with Gasteiger partial charge in [-0.25, -0.2) is 10.1 Å². The van der Waals surface area contributed by atoms with Gasteiger partial charge in [0.05, 0.1) is 22.4 Å². The van der Waals surface area contributed by atoms with Crippen molar-refractivity contribution in [3.8, 4) is 26.8 Å². The van der Waals surface area contributed by atoms with Crippen molar-refractivity contribution in [2.24, 2.45) is 9.54 Å². The Hall–Kier alpha value is -2.75. The molecular formula is C22H24N4O3S2. The number of thiazole rings is 1. The van der Waals surface area contributed by atoms with Crippen molar-refractivity contribution >= 4 is 32.9 Å². The minimum Gasteiger partial charge on any atom is -0.489 e. The molecule has 4 rings (SSSR count). The zero-order valence-electron chi connectivity index (χ0n) is 17.5. The number of hydrogen-bond donors (Lipinski definition) is 2. The van der Waals surface area contributed by atoms with Crippen molar-refractivity contribution in [1.29, 1.82) is 0 Å². The summed E-state index contributed by atoms with van der Waals surface area (Å²) in [6.45, 7) is 4.00. The lowest BCUT2D eigenvalue weighted by Gasteiger charge is -2.14. The highest BCUT2D eigenvalue weighted by Crippen LogP contribution is 2.39. The molecule has 0 atom stereocenters. The summed E-state index contributed by atoms with van der Waals surface area (Å²) in [5, 5.41) is 9.20. The predicted molar refractivity (Wildman–Crippen MR) is 126 cm³/mol. The lowest BCUT2D eigenvalue weighted by atomic mass is 10.0. The van der Waals surface area contributed by atoms with Crippen LogP contribution < -0.4 is 15.2 Å². The van der Waals surface area contributed by atoms with Gasteiger partial charge in [-0.05, 0) is 56.0 Å². The van der Waals surface area contributed by atoms with E-state index in [1.54, 1.807) is 11.3 Å². The van der Waals surface area contributed by atoms with Crippen LogP contribution in [0.3, 0.4) is 0 Å². The first kappa shape index (κ1) is 21.5. The highest BCUT2D eigenvalue weighted by Gasteiger charge is 2.23. The number of benzene rings is 2. The van der Waals surface area contributed by atoms with Crippen molar-refractivity contribution < 1.29 is 13.2 Å². The standard InChI is InChI=1S/C22H24N4O3S2/c1-13(2)29-20-10-7-14(11-19(20)24-3)22-25-12-21(30-22)17-6-4-5-16-15(17)8-9-18(16)26-31(23,27)28/h4-7,10-13,24H,8-9H2,1-3H3,(H2,23,27,28). The lowest BCUT2D eigenvalue weighted by molar-refractivity contribution is 0.244. The van der Waals surface area contributed by atoms with Crippen LogP contribution in [-0.2, 0) is 16.6 Å². The number of ether oxygens (including phenoxy) is 1. The summed E-state index contributed by atoms with van der Waals surface area (Å²) in [6, 6.07) is 11.8. The Balaban J connectivity index is 1.69. The summed E-state index contributed by atoms with van der Waals surface area (Å²) >= 11 is 1.60. The van der Waals surface area contributed by atoms with E-state index in [2.05, 4.69) is 14.7 Å². The van der Waals surface area contributed by atoms with E-state index in [4.69, 9.17) is 9.88 Å². The minimum absolute atomic E-state index is 0.0901. The van der Waals surface area contributed by atoms with Crippen molar-refractivity contribution in [2.75, 3.05) is 12.4 Å². The molecule has 0 saturated carbocycles. The molecule has 0 unspecified atom stereocenters. The van der Waals surface area contributed by atoms with Gasteiger partial charge in [-0.2, -0.15) is 12.8 Å². The second-order valence-corrected chi connectivity index (χ2v) is 9.79. The summed E-state index contributed by atoms with van der Waals surface area (Å²) < 4.78 is 32.4. The quantitative estimate of drug-likeness (QED) is 0.577. The Morgan fingerprint density at radius 2 is 1.97 bits per heavy atom. The molecule has 1 heterocycles. The number of fused-ring (bicyclic) bond motifs is 1. The predicted octanol–water partition coefficient (Wildman–Crippen LogP) is 4.24. The van der Waals surface area contributed by atoms with Crippen LogP contribution in [0.15, 0.2) is 47.0 Å². The molecule has 1 aliphatic carbocycles. The van der Waals surface area contributed by atoms with E-state index < -0.39 is 10.2 Å². The average molecular weight is 457 g/mol. The highest BCUT2D eigenvalue weighted by atomic mass is 32.2. The molecule has 0 saturated heterocycles. The second-order valence-electron chi connectivity index (χ2n) is 7.54. The van der Waals surface area contributed by atoms with E-state index in [-0.39, 0.29) is 6.10 Å². The summed E-state index contributed by atoms with van der Waals surface area (Å²) in [5.41, 5.74) is 5.40. The molecule has 7 nitrogen and oxygen atoms in total. The summed E-state index contributed by atoms with van der Waals surface area (Å²) in [4.78, 5) is 5.66. The molecule has 3 aromatic rings. The van der Waals surface area contributed by atoms with Crippen LogP contribution in [0.25, 0.3) is 21.0 Å². The van der Waals surface area contributed by atoms with Gasteiger partial charge in [0.15, 0.2) is 0 Å². The van der Waals surface area contributed by atoms with Crippen LogP contribution in [0.4, 0.5) is 5.69 Å². The maximum atomic E-state index is 11.4. The highest BCUT2D eigenvalue weighted by molar-refractivity contribution is 7.88. The van der Waals surface area contributed by atoms with Crippen molar-refractivity contribution in [3.05, 3.63) is 53.7 Å². The average Bonchev–Trinajstić information content (AvgIpc) is 3.34. The van der Waals surface area contributed by atoms with Gasteiger partial charge in [0, 0.05) is 24.4 Å². The lowest BCUT2D eigenvalue weighted by Crippen LogP contribution is -2.11. The molecule has 0 fully saturated rings. The number of hydrogen-bond acceptors (Lipinski definition) is 6. The van der Waals surface area contributed by atoms with Crippen LogP contribution in [0.2, 0.25) is 0 Å². The molecular weight excluding hydrogens is 432 g/mol. The van der Waals surface area contributed by atoms with Crippen LogP contribution >= 0.6 is 11.3 Å². The van der Waals surface area contributed by atoms with Crippen LogP contribution in [-0.4, -0.2) is 32.3 Å². The van der Waals surface area contributed by atoms with Crippen molar-refractivity contribution in [3.63, 3.8) is 0 Å². The van der Waals surface area contributed by atoms with Crippen LogP contribution in [0, 0.1) is 0 Å². The minimum atomic E-state index is -3.92. The fourth-order valence-electron chi connectivity index (χ4n) is 3.73. The molecule has 1 aliphatic rings. The maximum Gasteiger partial charge on any atom is 0.317 e. The third kappa shape index (κ3) is 4.63. The largest absolute Gasteiger partial charge is 0.489 e. The van der Waals surface area contributed by atoms with Crippen LogP contribution in [0.5, 0.6) is 5.75 Å². The SMILES string of the molecule is CNc1cc(-c2ncc(-c3cccc4c3CCC4=NS(N)(=O)=O)s2)ccc1OC(C)C. The van der Waals surface area contributed by atoms with Gasteiger partial charge in [-0.1, -0.05) is 18.2 Å². The Kier molecular flexibility index (Phi) is 5.83. The molecule has 0 amide bonds. The maximum absolute atomic E-state index is 11.4. The van der Waals surface area contributed by atoms with E-state index in [1.807, 2.05) is 63.5 Å². The van der Waals surface area contributed by atoms with Crippen molar-refractivity contribution in [1.82, 2.24) is 4.98 Å². The second kappa shape index (κ2) is 8.41. The molecule has 0 spiro atoms. The number of rotatable bonds is 6. The van der Waals surface area contributed by atoms with E-state index in [1.165, 1.54) is 0 Å². The van der Waals surface area contributed by atoms with Gasteiger partial charge in [-0.15, -0.1) is 11.3 Å². The van der Waals surface area contributed by atoms with Gasteiger partial charge >= 0.3 is 10.2 Å². The number of nitrogens with zero attached hydrogens (tertiary/aromatic N) is 2. The Morgan fingerprint density at radius 3 is 2.68 bits per heavy atom. The monoisotopic (exact) mass is 456 g/mol. The molecule has 1 aromatic heterocycles. The molecule has 31 heavy (non-hydrogen) atoms. The molecule has 0 bridgehead atoms. The first-order valence-corrected chi connectivity index (χ1v) is 12.3. The Labute approximate surface area is 186 Å². The third-order valence-electron chi connectivity index (χ3n) is 4.97. The van der Waals surface area contributed by atoms with Gasteiger partial charge in [0.25, 0.3) is 0 Å². The summed E-state index contributed by atoms with van der Waals surface area (Å²) in [6.07, 6.45) is 3.23. The zero-order chi connectivity index (χ0) is 22.2. The third-order valence-corrected chi connectivity index (χ3v) is 6.52. The first-order valence-electron chi connectivity index (χ1n) is 9.94. The van der Waals surface area contributed by atoms with E-state index in [9.17, 15) is 8.42 Å². The fraction of sp³-hybridized carbons (Fsp3) is 0.273. The number of nitrogens with two attached hydrogens (primary N) is 1. The normalized spacial score (nSPS) is 14.8. The smallest absolute Gasteiger partial charge is 0.317 e. The molecule has 2 aromatic carbocycles. The Bertz CT molecular complexity index is 1260. The van der Waals surface area contributed by atoms with E-state index in [0.29, 0.717) is 12.1 Å². The van der Waals surface area contributed by atoms with Crippen LogP contribution in [0.1, 0.15) is 31.4 Å². The van der Waals surface area contributed by atoms with E-state index in [0.717, 1.165) is 50.0 Å². The fourth-order valence-corrected chi connectivity index (χ4v) is 5.19. The van der Waals surface area contributed by atoms with Gasteiger partial charge in [0.2, 0.25) is 0 Å². The number of nitrogens with one attached hydrogen (secondary N) is 1. The molecule has 0 aliphatic heterocycles. The molecule has 162 valence electrons.